The lowest BCUT2D eigenvalue weighted by Gasteiger charge is -2.32. The number of piperidine rings is 1. The first-order valence-corrected chi connectivity index (χ1v) is 4.32. The fraction of sp³-hybridized carbons (Fsp3) is 1.00. The smallest absolute Gasteiger partial charge is 0.376 e. The summed E-state index contributed by atoms with van der Waals surface area (Å²) in [6, 6.07) is 0.566. The van der Waals surface area contributed by atoms with E-state index in [1.54, 1.807) is 0 Å². The van der Waals surface area contributed by atoms with E-state index in [1.807, 2.05) is 18.7 Å². The van der Waals surface area contributed by atoms with Crippen molar-refractivity contribution >= 4 is 7.05 Å². The minimum atomic E-state index is -0.307. The van der Waals surface area contributed by atoms with Crippen molar-refractivity contribution in [3.05, 3.63) is 0 Å². The molecule has 0 bridgehead atoms. The summed E-state index contributed by atoms with van der Waals surface area (Å²) in [5.74, 6) is 0. The zero-order chi connectivity index (χ0) is 8.27. The largest absolute Gasteiger partial charge is 0.437 e. The normalized spacial score (nSPS) is 20.7. The molecule has 3 nitrogen and oxygen atoms in total. The van der Waals surface area contributed by atoms with Crippen LogP contribution in [0.15, 0.2) is 0 Å². The molecule has 1 aliphatic rings. The number of rotatable bonds is 2. The summed E-state index contributed by atoms with van der Waals surface area (Å²) in [7, 11) is 1.68. The van der Waals surface area contributed by atoms with Gasteiger partial charge in [-0.05, 0) is 39.8 Å². The molecule has 1 fully saturated rings. The average Bonchev–Trinajstić information content (AvgIpc) is 2.05. The molecule has 1 rings (SSSR count). The van der Waals surface area contributed by atoms with Crippen LogP contribution in [0.5, 0.6) is 0 Å². The van der Waals surface area contributed by atoms with Gasteiger partial charge in [-0.1, -0.05) is 0 Å². The highest BCUT2D eigenvalue weighted by Crippen LogP contribution is 2.09. The third kappa shape index (κ3) is 2.47. The number of nitrogens with zero attached hydrogens (tertiary/aromatic N) is 1. The molecule has 1 heterocycles. The minimum Gasteiger partial charge on any atom is -0.437 e. The van der Waals surface area contributed by atoms with Crippen molar-refractivity contribution in [2.75, 3.05) is 20.1 Å². The van der Waals surface area contributed by atoms with Crippen LogP contribution < -0.4 is 5.32 Å². The third-order valence-electron chi connectivity index (χ3n) is 2.47. The Morgan fingerprint density at radius 3 is 2.45 bits per heavy atom. The van der Waals surface area contributed by atoms with E-state index in [1.165, 1.54) is 0 Å². The molecule has 64 valence electrons. The zero-order valence-corrected chi connectivity index (χ0v) is 7.38. The first-order chi connectivity index (χ1) is 5.22. The van der Waals surface area contributed by atoms with Crippen molar-refractivity contribution in [3.8, 4) is 0 Å². The van der Waals surface area contributed by atoms with Gasteiger partial charge in [0.25, 0.3) is 0 Å². The predicted molar refractivity (Wildman–Crippen MR) is 47.5 cm³/mol. The minimum absolute atomic E-state index is 0.307. The molecule has 11 heavy (non-hydrogen) atoms. The van der Waals surface area contributed by atoms with Crippen molar-refractivity contribution in [2.45, 2.75) is 25.7 Å². The van der Waals surface area contributed by atoms with Gasteiger partial charge in [0.1, 0.15) is 0 Å². The molecule has 0 radical (unpaired) electrons. The summed E-state index contributed by atoms with van der Waals surface area (Å²) >= 11 is 0. The van der Waals surface area contributed by atoms with E-state index >= 15 is 0 Å². The Morgan fingerprint density at radius 1 is 1.45 bits per heavy atom. The lowest BCUT2D eigenvalue weighted by molar-refractivity contribution is 0.270. The Balaban J connectivity index is 2.32. The molecule has 4 heteroatoms. The molecular weight excluding hydrogens is 139 g/mol. The summed E-state index contributed by atoms with van der Waals surface area (Å²) in [5.41, 5.74) is 0. The van der Waals surface area contributed by atoms with E-state index in [0.717, 1.165) is 25.9 Å². The maximum absolute atomic E-state index is 9.28. The third-order valence-corrected chi connectivity index (χ3v) is 2.47. The molecule has 0 amide bonds. The second-order valence-corrected chi connectivity index (χ2v) is 3.28. The molecule has 2 N–H and O–H groups in total. The molecule has 1 aliphatic heterocycles. The monoisotopic (exact) mass is 156 g/mol. The topological polar surface area (TPSA) is 35.5 Å². The summed E-state index contributed by atoms with van der Waals surface area (Å²) < 4.78 is 0. The first kappa shape index (κ1) is 9.04. The van der Waals surface area contributed by atoms with Crippen molar-refractivity contribution in [1.29, 1.82) is 0 Å². The van der Waals surface area contributed by atoms with Gasteiger partial charge in [0.2, 0.25) is 0 Å². The van der Waals surface area contributed by atoms with Gasteiger partial charge < -0.3 is 15.2 Å². The van der Waals surface area contributed by atoms with Crippen LogP contribution in [-0.4, -0.2) is 43.1 Å². The Morgan fingerprint density at radius 2 is 2.00 bits per heavy atom. The Labute approximate surface area is 68.9 Å². The van der Waals surface area contributed by atoms with Gasteiger partial charge in [-0.15, -0.1) is 0 Å². The molecule has 0 aromatic carbocycles. The van der Waals surface area contributed by atoms with Crippen molar-refractivity contribution < 1.29 is 5.02 Å². The van der Waals surface area contributed by atoms with E-state index in [0.29, 0.717) is 6.04 Å². The van der Waals surface area contributed by atoms with Crippen LogP contribution in [0, 0.1) is 0 Å². The first-order valence-electron chi connectivity index (χ1n) is 4.32. The van der Waals surface area contributed by atoms with E-state index < -0.39 is 0 Å². The van der Waals surface area contributed by atoms with Crippen LogP contribution in [0.3, 0.4) is 0 Å². The fourth-order valence-corrected chi connectivity index (χ4v) is 1.52. The fourth-order valence-electron chi connectivity index (χ4n) is 1.52. The van der Waals surface area contributed by atoms with Gasteiger partial charge in [-0.2, -0.15) is 0 Å². The van der Waals surface area contributed by atoms with Gasteiger partial charge >= 0.3 is 7.05 Å². The van der Waals surface area contributed by atoms with Gasteiger partial charge in [0.15, 0.2) is 0 Å². The second-order valence-electron chi connectivity index (χ2n) is 3.28. The van der Waals surface area contributed by atoms with E-state index in [9.17, 15) is 5.02 Å². The van der Waals surface area contributed by atoms with E-state index in [4.69, 9.17) is 0 Å². The van der Waals surface area contributed by atoms with Crippen LogP contribution in [-0.2, 0) is 0 Å². The van der Waals surface area contributed by atoms with Gasteiger partial charge in [0, 0.05) is 6.04 Å². The van der Waals surface area contributed by atoms with Crippen LogP contribution in [0.4, 0.5) is 0 Å². The summed E-state index contributed by atoms with van der Waals surface area (Å²) in [4.78, 5) is 2.04. The molecule has 0 aliphatic carbocycles. The lowest BCUT2D eigenvalue weighted by Crippen LogP contribution is -2.47. The van der Waals surface area contributed by atoms with Gasteiger partial charge in [0.05, 0.1) is 0 Å². The van der Waals surface area contributed by atoms with Crippen LogP contribution >= 0.6 is 0 Å². The van der Waals surface area contributed by atoms with Crippen molar-refractivity contribution in [2.24, 2.45) is 0 Å². The maximum atomic E-state index is 9.28. The SMILES string of the molecule is CB(O)N(C)C1CCNCC1. The van der Waals surface area contributed by atoms with Crippen LogP contribution in [0.25, 0.3) is 0 Å². The zero-order valence-electron chi connectivity index (χ0n) is 7.38. The summed E-state index contributed by atoms with van der Waals surface area (Å²) in [5, 5.41) is 12.6. The standard InChI is InChI=1S/C7H17BN2O/c1-8(11)10(2)7-3-5-9-6-4-7/h7,9,11H,3-6H2,1-2H3. The second kappa shape index (κ2) is 4.09. The molecule has 0 saturated carbocycles. The van der Waals surface area contributed by atoms with Gasteiger partial charge in [-0.25, -0.2) is 0 Å². The Bertz CT molecular complexity index is 115. The highest BCUT2D eigenvalue weighted by molar-refractivity contribution is 6.45. The average molecular weight is 156 g/mol. The molecule has 0 atom stereocenters. The number of nitrogens with one attached hydrogen (secondary N) is 1. The van der Waals surface area contributed by atoms with Crippen molar-refractivity contribution in [3.63, 3.8) is 0 Å². The van der Waals surface area contributed by atoms with E-state index in [-0.39, 0.29) is 7.05 Å². The van der Waals surface area contributed by atoms with Crippen LogP contribution in [0.2, 0.25) is 6.82 Å². The molecule has 1 saturated heterocycles. The quantitative estimate of drug-likeness (QED) is 0.542. The highest BCUT2D eigenvalue weighted by atomic mass is 16.2. The molecule has 0 aromatic heterocycles. The number of hydrogen-bond acceptors (Lipinski definition) is 3. The predicted octanol–water partition coefficient (Wildman–Crippen LogP) is -0.220. The summed E-state index contributed by atoms with van der Waals surface area (Å²) in [6.07, 6.45) is 2.31. The Kier molecular flexibility index (Phi) is 3.36. The molecule has 0 aromatic rings. The van der Waals surface area contributed by atoms with Crippen LogP contribution in [0.1, 0.15) is 12.8 Å². The lowest BCUT2D eigenvalue weighted by atomic mass is 9.82. The van der Waals surface area contributed by atoms with E-state index in [2.05, 4.69) is 5.32 Å². The highest BCUT2D eigenvalue weighted by Gasteiger charge is 2.22. The Hall–Kier alpha value is -0.0551. The molecule has 0 unspecified atom stereocenters. The molecule has 0 spiro atoms. The van der Waals surface area contributed by atoms with Gasteiger partial charge in [-0.3, -0.25) is 0 Å². The maximum Gasteiger partial charge on any atom is 0.376 e. The number of hydrogen-bond donors (Lipinski definition) is 2. The molecular formula is C7H17BN2O. The summed E-state index contributed by atoms with van der Waals surface area (Å²) in [6.45, 7) is 3.99. The van der Waals surface area contributed by atoms with Crippen molar-refractivity contribution in [1.82, 2.24) is 10.1 Å².